The molecule has 0 unspecified atom stereocenters. The van der Waals surface area contributed by atoms with Gasteiger partial charge in [-0.15, -0.1) is 0 Å². The van der Waals surface area contributed by atoms with E-state index in [1.54, 1.807) is 0 Å². The average Bonchev–Trinajstić information content (AvgIpc) is 2.36. The lowest BCUT2D eigenvalue weighted by Crippen LogP contribution is -2.24. The van der Waals surface area contributed by atoms with E-state index in [9.17, 15) is 9.18 Å². The van der Waals surface area contributed by atoms with Gasteiger partial charge in [0.2, 0.25) is 0 Å². The lowest BCUT2D eigenvalue weighted by atomic mass is 10.1. The number of nitrogen functional groups attached to an aromatic ring is 1. The highest BCUT2D eigenvalue weighted by Crippen LogP contribution is 2.10. The second-order valence-electron chi connectivity index (χ2n) is 4.44. The smallest absolute Gasteiger partial charge is 0.251 e. The van der Waals surface area contributed by atoms with Crippen LogP contribution in [-0.4, -0.2) is 24.5 Å². The van der Waals surface area contributed by atoms with E-state index in [2.05, 4.69) is 11.6 Å². The number of unbranched alkanes of at least 4 members (excludes halogenated alkanes) is 3. The van der Waals surface area contributed by atoms with Gasteiger partial charge in [-0.2, -0.15) is 11.8 Å². The number of benzene rings is 1. The molecule has 0 saturated heterocycles. The van der Waals surface area contributed by atoms with Crippen LogP contribution < -0.4 is 11.1 Å². The van der Waals surface area contributed by atoms with Crippen molar-refractivity contribution < 1.29 is 9.18 Å². The van der Waals surface area contributed by atoms with Gasteiger partial charge in [0.05, 0.1) is 0 Å². The Kier molecular flexibility index (Phi) is 7.33. The Morgan fingerprint density at radius 1 is 1.26 bits per heavy atom. The summed E-state index contributed by atoms with van der Waals surface area (Å²) in [5.74, 6) is 0.437. The normalized spacial score (nSPS) is 10.4. The highest BCUT2D eigenvalue weighted by molar-refractivity contribution is 7.98. The molecule has 3 nitrogen and oxygen atoms in total. The summed E-state index contributed by atoms with van der Waals surface area (Å²) < 4.78 is 13.1. The third-order valence-corrected chi connectivity index (χ3v) is 3.44. The van der Waals surface area contributed by atoms with Crippen molar-refractivity contribution in [2.75, 3.05) is 24.3 Å². The molecular formula is C14H21FN2OS. The van der Waals surface area contributed by atoms with Gasteiger partial charge in [0.1, 0.15) is 5.82 Å². The predicted molar refractivity (Wildman–Crippen MR) is 80.0 cm³/mol. The van der Waals surface area contributed by atoms with Gasteiger partial charge in [-0.05, 0) is 43.0 Å². The molecule has 19 heavy (non-hydrogen) atoms. The molecule has 1 amide bonds. The molecule has 3 N–H and O–H groups in total. The van der Waals surface area contributed by atoms with Crippen LogP contribution in [0.1, 0.15) is 36.0 Å². The van der Waals surface area contributed by atoms with Crippen LogP contribution in [-0.2, 0) is 0 Å². The van der Waals surface area contributed by atoms with Crippen LogP contribution in [0.2, 0.25) is 0 Å². The fourth-order valence-electron chi connectivity index (χ4n) is 1.77. The van der Waals surface area contributed by atoms with Crippen molar-refractivity contribution in [3.8, 4) is 0 Å². The molecule has 0 aliphatic heterocycles. The van der Waals surface area contributed by atoms with E-state index in [1.165, 1.54) is 36.8 Å². The second-order valence-corrected chi connectivity index (χ2v) is 5.42. The van der Waals surface area contributed by atoms with Crippen LogP contribution in [0.5, 0.6) is 0 Å². The minimum Gasteiger partial charge on any atom is -0.399 e. The number of hydrogen-bond acceptors (Lipinski definition) is 3. The predicted octanol–water partition coefficient (Wildman–Crippen LogP) is 3.06. The van der Waals surface area contributed by atoms with Gasteiger partial charge in [0, 0.05) is 17.8 Å². The summed E-state index contributed by atoms with van der Waals surface area (Å²) in [6.45, 7) is 0.620. The monoisotopic (exact) mass is 284 g/mol. The zero-order valence-corrected chi connectivity index (χ0v) is 12.1. The highest BCUT2D eigenvalue weighted by Gasteiger charge is 2.07. The van der Waals surface area contributed by atoms with Crippen molar-refractivity contribution >= 4 is 23.4 Å². The van der Waals surface area contributed by atoms with Gasteiger partial charge in [-0.1, -0.05) is 12.8 Å². The first kappa shape index (κ1) is 15.8. The van der Waals surface area contributed by atoms with Crippen molar-refractivity contribution in [3.63, 3.8) is 0 Å². The standard InChI is InChI=1S/C14H21FN2OS/c1-19-7-5-3-2-4-6-17-14(18)11-8-12(15)10-13(16)9-11/h8-10H,2-7,16H2,1H3,(H,17,18). The summed E-state index contributed by atoms with van der Waals surface area (Å²) in [4.78, 5) is 11.7. The lowest BCUT2D eigenvalue weighted by molar-refractivity contribution is 0.0952. The Labute approximate surface area is 118 Å². The number of hydrogen-bond donors (Lipinski definition) is 2. The van der Waals surface area contributed by atoms with Gasteiger partial charge in [-0.3, -0.25) is 4.79 Å². The van der Waals surface area contributed by atoms with E-state index >= 15 is 0 Å². The first-order valence-corrected chi connectivity index (χ1v) is 7.86. The Balaban J connectivity index is 2.24. The molecule has 1 rings (SSSR count). The van der Waals surface area contributed by atoms with Gasteiger partial charge < -0.3 is 11.1 Å². The van der Waals surface area contributed by atoms with Crippen LogP contribution in [0.15, 0.2) is 18.2 Å². The zero-order chi connectivity index (χ0) is 14.1. The van der Waals surface area contributed by atoms with E-state index in [0.717, 1.165) is 12.8 Å². The average molecular weight is 284 g/mol. The number of rotatable bonds is 8. The summed E-state index contributed by atoms with van der Waals surface area (Å²) >= 11 is 1.85. The molecule has 0 spiro atoms. The molecule has 1 aromatic carbocycles. The Morgan fingerprint density at radius 3 is 2.68 bits per heavy atom. The number of halogens is 1. The van der Waals surface area contributed by atoms with Crippen LogP contribution >= 0.6 is 11.8 Å². The zero-order valence-electron chi connectivity index (χ0n) is 11.2. The minimum absolute atomic E-state index is 0.266. The maximum absolute atomic E-state index is 13.1. The van der Waals surface area contributed by atoms with E-state index in [0.29, 0.717) is 6.54 Å². The molecule has 5 heteroatoms. The molecule has 0 aromatic heterocycles. The third-order valence-electron chi connectivity index (χ3n) is 2.74. The van der Waals surface area contributed by atoms with E-state index in [4.69, 9.17) is 5.73 Å². The molecule has 0 fully saturated rings. The lowest BCUT2D eigenvalue weighted by Gasteiger charge is -2.06. The number of carbonyl (C=O) groups excluding carboxylic acids is 1. The van der Waals surface area contributed by atoms with Gasteiger partial charge in [0.25, 0.3) is 5.91 Å². The summed E-state index contributed by atoms with van der Waals surface area (Å²) in [7, 11) is 0. The molecule has 106 valence electrons. The number of carbonyl (C=O) groups is 1. The number of anilines is 1. The van der Waals surface area contributed by atoms with E-state index in [-0.39, 0.29) is 17.2 Å². The highest BCUT2D eigenvalue weighted by atomic mass is 32.2. The summed E-state index contributed by atoms with van der Waals surface area (Å²) in [6, 6.07) is 3.88. The van der Waals surface area contributed by atoms with Crippen LogP contribution in [0.25, 0.3) is 0 Å². The molecular weight excluding hydrogens is 263 g/mol. The first-order chi connectivity index (χ1) is 9.13. The van der Waals surface area contributed by atoms with Crippen molar-refractivity contribution in [3.05, 3.63) is 29.6 Å². The molecule has 0 heterocycles. The quantitative estimate of drug-likeness (QED) is 0.570. The topological polar surface area (TPSA) is 55.1 Å². The van der Waals surface area contributed by atoms with Gasteiger partial charge in [0.15, 0.2) is 0 Å². The van der Waals surface area contributed by atoms with Crippen LogP contribution in [0, 0.1) is 5.82 Å². The van der Waals surface area contributed by atoms with Gasteiger partial charge >= 0.3 is 0 Å². The summed E-state index contributed by atoms with van der Waals surface area (Å²) in [6.07, 6.45) is 6.56. The third kappa shape index (κ3) is 6.47. The second kappa shape index (κ2) is 8.80. The van der Waals surface area contributed by atoms with Crippen molar-refractivity contribution in [2.45, 2.75) is 25.7 Å². The largest absolute Gasteiger partial charge is 0.399 e. The molecule has 0 radical (unpaired) electrons. The minimum atomic E-state index is -0.484. The first-order valence-electron chi connectivity index (χ1n) is 6.46. The van der Waals surface area contributed by atoms with Crippen LogP contribution in [0.3, 0.4) is 0 Å². The molecule has 0 bridgehead atoms. The molecule has 0 atom stereocenters. The fourth-order valence-corrected chi connectivity index (χ4v) is 2.27. The fraction of sp³-hybridized carbons (Fsp3) is 0.500. The molecule has 0 aliphatic rings. The number of nitrogens with two attached hydrogens (primary N) is 1. The summed E-state index contributed by atoms with van der Waals surface area (Å²) in [5, 5.41) is 2.78. The summed E-state index contributed by atoms with van der Waals surface area (Å²) in [5.41, 5.74) is 6.04. The van der Waals surface area contributed by atoms with Gasteiger partial charge in [-0.25, -0.2) is 4.39 Å². The maximum Gasteiger partial charge on any atom is 0.251 e. The number of amides is 1. The Hall–Kier alpha value is -1.23. The van der Waals surface area contributed by atoms with Crippen molar-refractivity contribution in [1.29, 1.82) is 0 Å². The SMILES string of the molecule is CSCCCCCCNC(=O)c1cc(N)cc(F)c1. The van der Waals surface area contributed by atoms with Crippen LogP contribution in [0.4, 0.5) is 10.1 Å². The molecule has 1 aromatic rings. The van der Waals surface area contributed by atoms with E-state index < -0.39 is 5.82 Å². The van der Waals surface area contributed by atoms with E-state index in [1.807, 2.05) is 11.8 Å². The number of thioether (sulfide) groups is 1. The molecule has 0 aliphatic carbocycles. The Morgan fingerprint density at radius 2 is 2.00 bits per heavy atom. The maximum atomic E-state index is 13.1. The molecule has 0 saturated carbocycles. The van der Waals surface area contributed by atoms with Crippen molar-refractivity contribution in [2.24, 2.45) is 0 Å². The van der Waals surface area contributed by atoms with Crippen molar-refractivity contribution in [1.82, 2.24) is 5.32 Å². The Bertz CT molecular complexity index is 392. The number of nitrogens with one attached hydrogen (secondary N) is 1.